The number of carbonyl (C=O) groups is 2. The summed E-state index contributed by atoms with van der Waals surface area (Å²) in [4.78, 5) is 23.9. The van der Waals surface area contributed by atoms with Crippen LogP contribution in [0.3, 0.4) is 0 Å². The fraction of sp³-hybridized carbons (Fsp3) is 0.263. The molecule has 6 nitrogen and oxygen atoms in total. The molecule has 6 heteroatoms. The van der Waals surface area contributed by atoms with E-state index in [1.54, 1.807) is 36.4 Å². The third-order valence-electron chi connectivity index (χ3n) is 2.90. The number of amides is 2. The van der Waals surface area contributed by atoms with Gasteiger partial charge in [0.25, 0.3) is 11.8 Å². The number of hydrazine groups is 1. The zero-order valence-corrected chi connectivity index (χ0v) is 15.5. The number of hydrogen-bond donors (Lipinski definition) is 3. The fourth-order valence-electron chi connectivity index (χ4n) is 1.80. The van der Waals surface area contributed by atoms with Gasteiger partial charge in [0.15, 0.2) is 0 Å². The van der Waals surface area contributed by atoms with Gasteiger partial charge < -0.3 is 11.1 Å². The van der Waals surface area contributed by atoms with Crippen molar-refractivity contribution >= 4 is 23.2 Å². The van der Waals surface area contributed by atoms with Gasteiger partial charge in [-0.2, -0.15) is 0 Å². The molecule has 2 aromatic carbocycles. The minimum atomic E-state index is -0.427. The summed E-state index contributed by atoms with van der Waals surface area (Å²) in [6.07, 6.45) is 0. The first-order chi connectivity index (χ1) is 12.0. The van der Waals surface area contributed by atoms with Crippen LogP contribution < -0.4 is 16.9 Å². The molecule has 0 radical (unpaired) electrons. The summed E-state index contributed by atoms with van der Waals surface area (Å²) in [6, 6.07) is 13.5. The van der Waals surface area contributed by atoms with E-state index in [2.05, 4.69) is 5.32 Å². The summed E-state index contributed by atoms with van der Waals surface area (Å²) in [5.74, 6) is 4.73. The van der Waals surface area contributed by atoms with Gasteiger partial charge in [0, 0.05) is 24.0 Å². The maximum Gasteiger partial charge on any atom is 0.269 e. The molecular weight excluding hydrogens is 316 g/mol. The van der Waals surface area contributed by atoms with Crippen LogP contribution in [0.2, 0.25) is 0 Å². The Kier molecular flexibility index (Phi) is 10.3. The Labute approximate surface area is 149 Å². The molecule has 0 aliphatic carbocycles. The Morgan fingerprint density at radius 3 is 2.04 bits per heavy atom. The summed E-state index contributed by atoms with van der Waals surface area (Å²) in [5, 5.41) is 3.65. The minimum absolute atomic E-state index is 0.242. The van der Waals surface area contributed by atoms with Gasteiger partial charge in [-0.3, -0.25) is 14.6 Å². The molecule has 0 bridgehead atoms. The average molecular weight is 344 g/mol. The van der Waals surface area contributed by atoms with Gasteiger partial charge in [-0.1, -0.05) is 45.9 Å². The number of nitrogens with one attached hydrogen (secondary N) is 1. The van der Waals surface area contributed by atoms with E-state index < -0.39 is 5.91 Å². The lowest BCUT2D eigenvalue weighted by molar-refractivity contribution is 0.0796. The first kappa shape index (κ1) is 22.1. The van der Waals surface area contributed by atoms with E-state index in [-0.39, 0.29) is 11.5 Å². The van der Waals surface area contributed by atoms with Gasteiger partial charge in [0.05, 0.1) is 5.56 Å². The van der Waals surface area contributed by atoms with Crippen LogP contribution in [0, 0.1) is 0 Å². The normalized spacial score (nSPS) is 8.88. The molecule has 0 aromatic heterocycles. The van der Waals surface area contributed by atoms with Gasteiger partial charge in [0.1, 0.15) is 0 Å². The number of nitrogens with two attached hydrogens (primary N) is 2. The molecule has 2 aromatic rings. The molecule has 0 unspecified atom stereocenters. The number of nitrogens with zero attached hydrogens (tertiary/aromatic N) is 1. The molecule has 0 saturated carbocycles. The third-order valence-corrected chi connectivity index (χ3v) is 2.90. The monoisotopic (exact) mass is 344 g/mol. The second kappa shape index (κ2) is 11.6. The molecule has 0 heterocycles. The summed E-state index contributed by atoms with van der Waals surface area (Å²) < 4.78 is 0. The summed E-state index contributed by atoms with van der Waals surface area (Å²) in [5.41, 5.74) is 7.30. The minimum Gasteiger partial charge on any atom is -0.398 e. The number of rotatable bonds is 3. The van der Waals surface area contributed by atoms with Crippen molar-refractivity contribution in [2.75, 3.05) is 18.1 Å². The van der Waals surface area contributed by atoms with Crippen molar-refractivity contribution < 1.29 is 9.59 Å². The van der Waals surface area contributed by atoms with E-state index in [4.69, 9.17) is 11.6 Å². The Morgan fingerprint density at radius 1 is 0.960 bits per heavy atom. The highest BCUT2D eigenvalue weighted by Gasteiger charge is 2.14. The second-order valence-electron chi connectivity index (χ2n) is 4.54. The van der Waals surface area contributed by atoms with Gasteiger partial charge in [0.2, 0.25) is 0 Å². The van der Waals surface area contributed by atoms with Gasteiger partial charge >= 0.3 is 0 Å². The SMILES string of the molecule is CC.CC.CN(N)C(=O)c1cc(NC(=O)c2ccccc2)ccc1N. The van der Waals surface area contributed by atoms with Crippen molar-refractivity contribution in [2.45, 2.75) is 27.7 Å². The Balaban J connectivity index is 0.00000134. The van der Waals surface area contributed by atoms with Crippen LogP contribution in [-0.2, 0) is 0 Å². The van der Waals surface area contributed by atoms with E-state index in [9.17, 15) is 9.59 Å². The lowest BCUT2D eigenvalue weighted by Gasteiger charge is -2.13. The van der Waals surface area contributed by atoms with Crippen molar-refractivity contribution in [3.8, 4) is 0 Å². The number of carbonyl (C=O) groups excluding carboxylic acids is 2. The highest BCUT2D eigenvalue weighted by Crippen LogP contribution is 2.19. The van der Waals surface area contributed by atoms with E-state index in [0.29, 0.717) is 16.9 Å². The standard InChI is InChI=1S/C15H16N4O2.2C2H6/c1-19(17)15(21)12-9-11(7-8-13(12)16)18-14(20)10-5-3-2-4-6-10;2*1-2/h2-9H,16-17H2,1H3,(H,18,20);2*1-2H3. The fourth-order valence-corrected chi connectivity index (χ4v) is 1.80. The molecule has 0 aliphatic rings. The largest absolute Gasteiger partial charge is 0.398 e. The van der Waals surface area contributed by atoms with E-state index >= 15 is 0 Å². The van der Waals surface area contributed by atoms with Crippen LogP contribution in [0.5, 0.6) is 0 Å². The highest BCUT2D eigenvalue weighted by atomic mass is 16.2. The van der Waals surface area contributed by atoms with E-state index in [1.807, 2.05) is 33.8 Å². The maximum absolute atomic E-state index is 12.1. The molecule has 0 spiro atoms. The summed E-state index contributed by atoms with van der Waals surface area (Å²) >= 11 is 0. The van der Waals surface area contributed by atoms with Crippen LogP contribution in [-0.4, -0.2) is 23.9 Å². The maximum atomic E-state index is 12.1. The third kappa shape index (κ3) is 6.64. The topological polar surface area (TPSA) is 101 Å². The molecule has 2 rings (SSSR count). The van der Waals surface area contributed by atoms with E-state index in [1.165, 1.54) is 13.1 Å². The average Bonchev–Trinajstić information content (AvgIpc) is 2.66. The zero-order valence-electron chi connectivity index (χ0n) is 15.5. The lowest BCUT2D eigenvalue weighted by atomic mass is 10.1. The quantitative estimate of drug-likeness (QED) is 0.343. The smallest absolute Gasteiger partial charge is 0.269 e. The van der Waals surface area contributed by atoms with Crippen molar-refractivity contribution in [3.63, 3.8) is 0 Å². The highest BCUT2D eigenvalue weighted by molar-refractivity contribution is 6.06. The van der Waals surface area contributed by atoms with Gasteiger partial charge in [-0.25, -0.2) is 5.84 Å². The van der Waals surface area contributed by atoms with Crippen LogP contribution in [0.1, 0.15) is 48.4 Å². The van der Waals surface area contributed by atoms with Crippen LogP contribution in [0.4, 0.5) is 11.4 Å². The molecular formula is C19H28N4O2. The Bertz CT molecular complexity index is 670. The molecule has 136 valence electrons. The molecule has 0 atom stereocenters. The Morgan fingerprint density at radius 2 is 1.52 bits per heavy atom. The van der Waals surface area contributed by atoms with Crippen LogP contribution in [0.15, 0.2) is 48.5 Å². The first-order valence-corrected chi connectivity index (χ1v) is 8.27. The number of nitrogen functional groups attached to an aromatic ring is 1. The predicted molar refractivity (Wildman–Crippen MR) is 104 cm³/mol. The zero-order chi connectivity index (χ0) is 19.4. The van der Waals surface area contributed by atoms with Crippen molar-refractivity contribution in [3.05, 3.63) is 59.7 Å². The Hall–Kier alpha value is -2.86. The first-order valence-electron chi connectivity index (χ1n) is 8.27. The number of benzene rings is 2. The second-order valence-corrected chi connectivity index (χ2v) is 4.54. The van der Waals surface area contributed by atoms with Crippen LogP contribution >= 0.6 is 0 Å². The van der Waals surface area contributed by atoms with Crippen molar-refractivity contribution in [2.24, 2.45) is 5.84 Å². The number of hydrogen-bond acceptors (Lipinski definition) is 4. The summed E-state index contributed by atoms with van der Waals surface area (Å²) in [7, 11) is 1.43. The van der Waals surface area contributed by atoms with E-state index in [0.717, 1.165) is 5.01 Å². The molecule has 0 aliphatic heterocycles. The molecule has 0 saturated heterocycles. The molecule has 2 amide bonds. The predicted octanol–water partition coefficient (Wildman–Crippen LogP) is 3.52. The molecule has 25 heavy (non-hydrogen) atoms. The molecule has 5 N–H and O–H groups in total. The van der Waals surface area contributed by atoms with Gasteiger partial charge in [-0.05, 0) is 30.3 Å². The van der Waals surface area contributed by atoms with Crippen molar-refractivity contribution in [1.82, 2.24) is 5.01 Å². The number of anilines is 2. The summed E-state index contributed by atoms with van der Waals surface area (Å²) in [6.45, 7) is 8.00. The van der Waals surface area contributed by atoms with Gasteiger partial charge in [-0.15, -0.1) is 0 Å². The molecule has 0 fully saturated rings. The van der Waals surface area contributed by atoms with Crippen LogP contribution in [0.25, 0.3) is 0 Å². The lowest BCUT2D eigenvalue weighted by Crippen LogP contribution is -2.33. The van der Waals surface area contributed by atoms with Crippen molar-refractivity contribution in [1.29, 1.82) is 0 Å².